The number of methoxy groups -OCH3 is 2. The smallest absolute Gasteiger partial charge is 0.268 e. The fraction of sp³-hybridized carbons (Fsp3) is 0.111. The highest BCUT2D eigenvalue weighted by Crippen LogP contribution is 2.34. The van der Waals surface area contributed by atoms with Gasteiger partial charge in [-0.1, -0.05) is 23.7 Å². The van der Waals surface area contributed by atoms with Crippen LogP contribution in [0.25, 0.3) is 11.0 Å². The predicted octanol–water partition coefficient (Wildman–Crippen LogP) is 5.80. The average Bonchev–Trinajstić information content (AvgIpc) is 3.38. The quantitative estimate of drug-likeness (QED) is 0.238. The standard InChI is InChI=1S/C27H22ClFN4O5S/c1-36-24-9-7-20(14-25(24)37-2)39(34,35)33-11-10-22-26(33)27(31-16-30-22)32-19-6-8-23(21(28)13-19)38-15-17-4-3-5-18(29)12-17/h3-14,16H,15H2,1-2H3,(H,30,31,32). The summed E-state index contributed by atoms with van der Waals surface area (Å²) in [6.45, 7) is 0.137. The van der Waals surface area contributed by atoms with Gasteiger partial charge in [0.1, 0.15) is 30.0 Å². The van der Waals surface area contributed by atoms with Crippen molar-refractivity contribution < 1.29 is 27.0 Å². The Morgan fingerprint density at radius 1 is 0.949 bits per heavy atom. The molecule has 0 aliphatic heterocycles. The Morgan fingerprint density at radius 2 is 1.74 bits per heavy atom. The van der Waals surface area contributed by atoms with Crippen molar-refractivity contribution in [3.8, 4) is 17.2 Å². The first-order valence-corrected chi connectivity index (χ1v) is 13.4. The second kappa shape index (κ2) is 10.8. The lowest BCUT2D eigenvalue weighted by molar-refractivity contribution is 0.306. The van der Waals surface area contributed by atoms with Crippen LogP contribution in [0.15, 0.2) is 84.1 Å². The number of ether oxygens (including phenoxy) is 3. The fourth-order valence-corrected chi connectivity index (χ4v) is 5.55. The van der Waals surface area contributed by atoms with E-state index in [4.69, 9.17) is 25.8 Å². The summed E-state index contributed by atoms with van der Waals surface area (Å²) in [5, 5.41) is 3.42. The second-order valence-corrected chi connectivity index (χ2v) is 10.5. The summed E-state index contributed by atoms with van der Waals surface area (Å²) in [4.78, 5) is 8.48. The van der Waals surface area contributed by atoms with Gasteiger partial charge in [-0.05, 0) is 54.1 Å². The molecule has 0 atom stereocenters. The second-order valence-electron chi connectivity index (χ2n) is 8.28. The Bertz CT molecular complexity index is 1780. The molecule has 1 N–H and O–H groups in total. The Labute approximate surface area is 228 Å². The minimum Gasteiger partial charge on any atom is -0.493 e. The molecule has 0 unspecified atom stereocenters. The van der Waals surface area contributed by atoms with E-state index in [-0.39, 0.29) is 34.4 Å². The average molecular weight is 569 g/mol. The van der Waals surface area contributed by atoms with Crippen LogP contribution in [-0.4, -0.2) is 36.6 Å². The van der Waals surface area contributed by atoms with E-state index in [2.05, 4.69) is 15.3 Å². The van der Waals surface area contributed by atoms with Gasteiger partial charge in [0.25, 0.3) is 10.0 Å². The normalized spacial score (nSPS) is 11.4. The van der Waals surface area contributed by atoms with E-state index >= 15 is 0 Å². The highest BCUT2D eigenvalue weighted by Gasteiger charge is 2.23. The van der Waals surface area contributed by atoms with Crippen molar-refractivity contribution in [1.29, 1.82) is 0 Å². The van der Waals surface area contributed by atoms with Gasteiger partial charge in [-0.25, -0.2) is 26.7 Å². The maximum absolute atomic E-state index is 13.6. The third kappa shape index (κ3) is 5.31. The molecule has 5 aromatic rings. The first-order chi connectivity index (χ1) is 18.8. The van der Waals surface area contributed by atoms with Gasteiger partial charge in [-0.3, -0.25) is 0 Å². The molecule has 2 aromatic heterocycles. The third-order valence-corrected chi connectivity index (χ3v) is 7.80. The molecule has 0 saturated heterocycles. The molecule has 0 amide bonds. The predicted molar refractivity (Wildman–Crippen MR) is 145 cm³/mol. The van der Waals surface area contributed by atoms with Crippen molar-refractivity contribution in [3.05, 3.63) is 95.7 Å². The number of nitrogens with zero attached hydrogens (tertiary/aromatic N) is 3. The summed E-state index contributed by atoms with van der Waals surface area (Å²) in [6, 6.07) is 17.0. The number of anilines is 2. The van der Waals surface area contributed by atoms with Crippen LogP contribution in [0.5, 0.6) is 17.2 Å². The van der Waals surface area contributed by atoms with Crippen LogP contribution >= 0.6 is 11.6 Å². The van der Waals surface area contributed by atoms with Gasteiger partial charge >= 0.3 is 0 Å². The Balaban J connectivity index is 1.44. The van der Waals surface area contributed by atoms with Crippen molar-refractivity contribution in [2.75, 3.05) is 19.5 Å². The molecule has 2 heterocycles. The molecular weight excluding hydrogens is 547 g/mol. The van der Waals surface area contributed by atoms with Gasteiger partial charge in [0.2, 0.25) is 0 Å². The first-order valence-electron chi connectivity index (χ1n) is 11.5. The Kier molecular flexibility index (Phi) is 7.27. The fourth-order valence-electron chi connectivity index (χ4n) is 3.95. The van der Waals surface area contributed by atoms with Crippen LogP contribution in [-0.2, 0) is 16.6 Å². The number of halogens is 2. The number of nitrogens with one attached hydrogen (secondary N) is 1. The lowest BCUT2D eigenvalue weighted by Gasteiger charge is -2.14. The largest absolute Gasteiger partial charge is 0.493 e. The summed E-state index contributed by atoms with van der Waals surface area (Å²) in [5.41, 5.74) is 1.86. The van der Waals surface area contributed by atoms with Gasteiger partial charge in [-0.15, -0.1) is 0 Å². The molecule has 12 heteroatoms. The van der Waals surface area contributed by atoms with Crippen molar-refractivity contribution in [3.63, 3.8) is 0 Å². The highest BCUT2D eigenvalue weighted by atomic mass is 35.5. The zero-order chi connectivity index (χ0) is 27.6. The zero-order valence-corrected chi connectivity index (χ0v) is 22.3. The Morgan fingerprint density at radius 3 is 2.49 bits per heavy atom. The summed E-state index contributed by atoms with van der Waals surface area (Å²) < 4.78 is 58.0. The van der Waals surface area contributed by atoms with E-state index in [9.17, 15) is 12.8 Å². The highest BCUT2D eigenvalue weighted by molar-refractivity contribution is 7.90. The van der Waals surface area contributed by atoms with Crippen molar-refractivity contribution in [1.82, 2.24) is 13.9 Å². The van der Waals surface area contributed by atoms with Crippen molar-refractivity contribution in [2.24, 2.45) is 0 Å². The van der Waals surface area contributed by atoms with Crippen LogP contribution in [0, 0.1) is 5.82 Å². The van der Waals surface area contributed by atoms with Crippen molar-refractivity contribution in [2.45, 2.75) is 11.5 Å². The maximum atomic E-state index is 13.6. The zero-order valence-electron chi connectivity index (χ0n) is 20.8. The summed E-state index contributed by atoms with van der Waals surface area (Å²) >= 11 is 6.43. The Hall–Kier alpha value is -4.35. The molecule has 3 aromatic carbocycles. The van der Waals surface area contributed by atoms with Crippen LogP contribution in [0.3, 0.4) is 0 Å². The monoisotopic (exact) mass is 568 g/mol. The summed E-state index contributed by atoms with van der Waals surface area (Å²) in [7, 11) is -1.16. The lowest BCUT2D eigenvalue weighted by atomic mass is 10.2. The lowest BCUT2D eigenvalue weighted by Crippen LogP contribution is -2.13. The summed E-state index contributed by atoms with van der Waals surface area (Å²) in [5.74, 6) is 0.979. The van der Waals surface area contributed by atoms with E-state index in [1.54, 1.807) is 36.4 Å². The SMILES string of the molecule is COc1ccc(S(=O)(=O)n2ccc3ncnc(Nc4ccc(OCc5cccc(F)c5)c(Cl)c4)c32)cc1OC. The van der Waals surface area contributed by atoms with Gasteiger partial charge < -0.3 is 19.5 Å². The topological polar surface area (TPSA) is 105 Å². The number of hydrogen-bond acceptors (Lipinski definition) is 8. The molecule has 200 valence electrons. The molecule has 0 fully saturated rings. The number of rotatable bonds is 9. The van der Waals surface area contributed by atoms with Crippen LogP contribution in [0.4, 0.5) is 15.9 Å². The summed E-state index contributed by atoms with van der Waals surface area (Å²) in [6.07, 6.45) is 2.74. The van der Waals surface area contributed by atoms with E-state index in [0.29, 0.717) is 33.3 Å². The van der Waals surface area contributed by atoms with Crippen LogP contribution in [0.1, 0.15) is 5.56 Å². The van der Waals surface area contributed by atoms with E-state index in [1.165, 1.54) is 57.1 Å². The molecule has 0 aliphatic carbocycles. The van der Waals surface area contributed by atoms with Gasteiger partial charge in [0.15, 0.2) is 17.3 Å². The number of aromatic nitrogens is 3. The van der Waals surface area contributed by atoms with Crippen LogP contribution < -0.4 is 19.5 Å². The molecule has 0 saturated carbocycles. The number of fused-ring (bicyclic) bond motifs is 1. The minimum atomic E-state index is -4.06. The molecule has 0 radical (unpaired) electrons. The van der Waals surface area contributed by atoms with Gasteiger partial charge in [0.05, 0.1) is 29.7 Å². The molecule has 0 spiro atoms. The molecule has 9 nitrogen and oxygen atoms in total. The van der Waals surface area contributed by atoms with Gasteiger partial charge in [0, 0.05) is 18.0 Å². The molecule has 0 aliphatic rings. The minimum absolute atomic E-state index is 0.00436. The van der Waals surface area contributed by atoms with E-state index < -0.39 is 10.0 Å². The van der Waals surface area contributed by atoms with Crippen molar-refractivity contribution >= 4 is 44.2 Å². The maximum Gasteiger partial charge on any atom is 0.268 e. The molecule has 0 bridgehead atoms. The van der Waals surface area contributed by atoms with E-state index in [1.807, 2.05) is 0 Å². The van der Waals surface area contributed by atoms with Crippen LogP contribution in [0.2, 0.25) is 5.02 Å². The third-order valence-electron chi connectivity index (χ3n) is 5.83. The van der Waals surface area contributed by atoms with Gasteiger partial charge in [-0.2, -0.15) is 0 Å². The molecular formula is C27H22ClFN4O5S. The number of benzene rings is 3. The van der Waals surface area contributed by atoms with E-state index in [0.717, 1.165) is 3.97 Å². The first kappa shape index (κ1) is 26.3. The molecule has 39 heavy (non-hydrogen) atoms. The molecule has 5 rings (SSSR count). The number of hydrogen-bond donors (Lipinski definition) is 1.